The van der Waals surface area contributed by atoms with E-state index in [2.05, 4.69) is 0 Å². The zero-order valence-electron chi connectivity index (χ0n) is 14.5. The Labute approximate surface area is 158 Å². The number of rotatable bonds is 6. The molecule has 12 nitrogen and oxygen atoms in total. The topological polar surface area (TPSA) is 219 Å². The number of aliphatic hydroxyl groups is 4. The quantitative estimate of drug-likeness (QED) is 0.224. The van der Waals surface area contributed by atoms with E-state index in [0.717, 1.165) is 18.2 Å². The monoisotopic (exact) mass is 396 g/mol. The smallest absolute Gasteiger partial charge is 0.276 e. The van der Waals surface area contributed by atoms with Gasteiger partial charge in [-0.05, 0) is 29.3 Å². The molecular formula is C16H20N4O8. The first-order chi connectivity index (χ1) is 13.1. The minimum absolute atomic E-state index is 0.0663. The molecule has 0 saturated carbocycles. The number of nitrogen functional groups attached to an aromatic ring is 2. The van der Waals surface area contributed by atoms with E-state index in [-0.39, 0.29) is 12.2 Å². The van der Waals surface area contributed by atoms with Crippen LogP contribution in [-0.4, -0.2) is 43.5 Å². The second-order valence-electron chi connectivity index (χ2n) is 5.63. The van der Waals surface area contributed by atoms with Crippen LogP contribution in [0.5, 0.6) is 0 Å². The summed E-state index contributed by atoms with van der Waals surface area (Å²) in [6.45, 7) is -0.999. The van der Waals surface area contributed by atoms with Gasteiger partial charge in [-0.1, -0.05) is 0 Å². The molecule has 0 aromatic heterocycles. The zero-order valence-corrected chi connectivity index (χ0v) is 14.5. The molecule has 12 heteroatoms. The normalized spacial score (nSPS) is 12.4. The molecular weight excluding hydrogens is 376 g/mol. The number of nitro benzene ring substituents is 2. The van der Waals surface area contributed by atoms with Crippen LogP contribution in [0.1, 0.15) is 23.3 Å². The van der Waals surface area contributed by atoms with Crippen molar-refractivity contribution in [2.24, 2.45) is 0 Å². The van der Waals surface area contributed by atoms with Crippen LogP contribution in [0, 0.1) is 20.2 Å². The molecule has 0 aliphatic rings. The van der Waals surface area contributed by atoms with Gasteiger partial charge in [-0.15, -0.1) is 0 Å². The van der Waals surface area contributed by atoms with Gasteiger partial charge in [0.05, 0.1) is 29.1 Å². The molecule has 2 aromatic rings. The number of non-ortho nitro benzene ring substituents is 2. The SMILES string of the molecule is Nc1cc(N)cc(C(O)CO)c1.O=[N+]([O-])c1cc(C(O)CO)cc([N+](=O)[O-])c1. The number of nitro groups is 2. The van der Waals surface area contributed by atoms with Gasteiger partial charge >= 0.3 is 0 Å². The maximum Gasteiger partial charge on any atom is 0.276 e. The summed E-state index contributed by atoms with van der Waals surface area (Å²) in [7, 11) is 0. The number of anilines is 2. The van der Waals surface area contributed by atoms with Gasteiger partial charge in [0.15, 0.2) is 0 Å². The third-order valence-corrected chi connectivity index (χ3v) is 3.46. The summed E-state index contributed by atoms with van der Waals surface area (Å²) in [4.78, 5) is 19.3. The fourth-order valence-corrected chi connectivity index (χ4v) is 2.13. The first kappa shape index (κ1) is 22.7. The van der Waals surface area contributed by atoms with Crippen LogP contribution in [0.15, 0.2) is 36.4 Å². The van der Waals surface area contributed by atoms with Gasteiger partial charge < -0.3 is 31.9 Å². The largest absolute Gasteiger partial charge is 0.399 e. The van der Waals surface area contributed by atoms with E-state index in [1.165, 1.54) is 0 Å². The molecule has 0 fully saturated rings. The van der Waals surface area contributed by atoms with Crippen LogP contribution >= 0.6 is 0 Å². The van der Waals surface area contributed by atoms with Crippen molar-refractivity contribution >= 4 is 22.7 Å². The Morgan fingerprint density at radius 1 is 0.750 bits per heavy atom. The molecule has 8 N–H and O–H groups in total. The zero-order chi connectivity index (χ0) is 21.4. The summed E-state index contributed by atoms with van der Waals surface area (Å²) in [5.41, 5.74) is 11.4. The molecule has 0 spiro atoms. The maximum atomic E-state index is 10.5. The second kappa shape index (κ2) is 10.1. The van der Waals surface area contributed by atoms with Crippen LogP contribution in [0.25, 0.3) is 0 Å². The molecule has 0 radical (unpaired) electrons. The minimum Gasteiger partial charge on any atom is -0.399 e. The molecule has 2 aromatic carbocycles. The predicted molar refractivity (Wildman–Crippen MR) is 99.1 cm³/mol. The summed E-state index contributed by atoms with van der Waals surface area (Å²) in [5.74, 6) is 0. The lowest BCUT2D eigenvalue weighted by molar-refractivity contribution is -0.394. The Balaban J connectivity index is 0.000000292. The lowest BCUT2D eigenvalue weighted by Gasteiger charge is -2.08. The summed E-state index contributed by atoms with van der Waals surface area (Å²) < 4.78 is 0. The third-order valence-electron chi connectivity index (χ3n) is 3.46. The Bertz CT molecular complexity index is 793. The third kappa shape index (κ3) is 6.44. The Hall–Kier alpha value is -3.32. The Kier molecular flexibility index (Phi) is 8.22. The van der Waals surface area contributed by atoms with Crippen LogP contribution in [0.4, 0.5) is 22.7 Å². The summed E-state index contributed by atoms with van der Waals surface area (Å²) >= 11 is 0. The second-order valence-corrected chi connectivity index (χ2v) is 5.63. The van der Waals surface area contributed by atoms with Gasteiger partial charge in [0, 0.05) is 23.5 Å². The highest BCUT2D eigenvalue weighted by Gasteiger charge is 2.19. The van der Waals surface area contributed by atoms with Crippen LogP contribution in [0.2, 0.25) is 0 Å². The van der Waals surface area contributed by atoms with Gasteiger partial charge in [-0.3, -0.25) is 20.2 Å². The molecule has 0 aliphatic heterocycles. The van der Waals surface area contributed by atoms with E-state index in [9.17, 15) is 30.4 Å². The van der Waals surface area contributed by atoms with Crippen LogP contribution in [0.3, 0.4) is 0 Å². The minimum atomic E-state index is -1.38. The fourth-order valence-electron chi connectivity index (χ4n) is 2.13. The van der Waals surface area contributed by atoms with E-state index in [4.69, 9.17) is 21.7 Å². The van der Waals surface area contributed by atoms with E-state index < -0.39 is 40.0 Å². The lowest BCUT2D eigenvalue weighted by atomic mass is 10.1. The average Bonchev–Trinajstić information content (AvgIpc) is 2.65. The number of aliphatic hydroxyl groups excluding tert-OH is 4. The van der Waals surface area contributed by atoms with Gasteiger partial charge in [0.2, 0.25) is 0 Å². The van der Waals surface area contributed by atoms with E-state index in [1.807, 2.05) is 0 Å². The van der Waals surface area contributed by atoms with Gasteiger partial charge in [0.1, 0.15) is 12.2 Å². The molecule has 0 heterocycles. The number of nitrogens with two attached hydrogens (primary N) is 2. The fraction of sp³-hybridized carbons (Fsp3) is 0.250. The molecule has 2 rings (SSSR count). The molecule has 2 atom stereocenters. The molecule has 152 valence electrons. The van der Waals surface area contributed by atoms with Crippen molar-refractivity contribution in [2.45, 2.75) is 12.2 Å². The number of hydrogen-bond acceptors (Lipinski definition) is 10. The van der Waals surface area contributed by atoms with Crippen molar-refractivity contribution in [3.05, 3.63) is 67.8 Å². The highest BCUT2D eigenvalue weighted by Crippen LogP contribution is 2.26. The van der Waals surface area contributed by atoms with Crippen molar-refractivity contribution in [2.75, 3.05) is 24.7 Å². The van der Waals surface area contributed by atoms with Crippen LogP contribution in [-0.2, 0) is 0 Å². The molecule has 0 bridgehead atoms. The number of hydrogen-bond donors (Lipinski definition) is 6. The predicted octanol–water partition coefficient (Wildman–Crippen LogP) is 0.405. The van der Waals surface area contributed by atoms with Gasteiger partial charge in [0.25, 0.3) is 11.4 Å². The van der Waals surface area contributed by atoms with Crippen LogP contribution < -0.4 is 11.5 Å². The molecule has 0 aliphatic carbocycles. The molecule has 0 amide bonds. The van der Waals surface area contributed by atoms with Gasteiger partial charge in [-0.25, -0.2) is 0 Å². The summed E-state index contributed by atoms with van der Waals surface area (Å²) in [5, 5.41) is 56.7. The lowest BCUT2D eigenvalue weighted by Crippen LogP contribution is -2.04. The first-order valence-corrected chi connectivity index (χ1v) is 7.76. The molecule has 28 heavy (non-hydrogen) atoms. The average molecular weight is 396 g/mol. The summed E-state index contributed by atoms with van der Waals surface area (Å²) in [6, 6.07) is 7.50. The van der Waals surface area contributed by atoms with E-state index in [0.29, 0.717) is 16.9 Å². The van der Waals surface area contributed by atoms with Gasteiger partial charge in [-0.2, -0.15) is 0 Å². The van der Waals surface area contributed by atoms with Crippen molar-refractivity contribution in [3.8, 4) is 0 Å². The van der Waals surface area contributed by atoms with Crippen molar-refractivity contribution in [1.29, 1.82) is 0 Å². The summed E-state index contributed by atoms with van der Waals surface area (Å²) in [6.07, 6.45) is -2.28. The van der Waals surface area contributed by atoms with E-state index >= 15 is 0 Å². The van der Waals surface area contributed by atoms with Crippen molar-refractivity contribution < 1.29 is 30.3 Å². The molecule has 0 saturated heterocycles. The molecule has 2 unspecified atom stereocenters. The van der Waals surface area contributed by atoms with Crippen molar-refractivity contribution in [3.63, 3.8) is 0 Å². The highest BCUT2D eigenvalue weighted by atomic mass is 16.6. The van der Waals surface area contributed by atoms with E-state index in [1.54, 1.807) is 18.2 Å². The number of benzene rings is 2. The first-order valence-electron chi connectivity index (χ1n) is 7.76. The Morgan fingerprint density at radius 2 is 1.11 bits per heavy atom. The standard InChI is InChI=1S/C8H8N2O6.C8H12N2O2/c11-4-8(12)5-1-6(9(13)14)3-7(2-5)10(15)16;9-6-1-5(8(12)4-11)2-7(10)3-6/h1-3,8,11-12H,4H2;1-3,8,11-12H,4,9-10H2. The number of nitrogens with zero attached hydrogens (tertiary/aromatic N) is 2. The highest BCUT2D eigenvalue weighted by molar-refractivity contribution is 5.54. The van der Waals surface area contributed by atoms with Crippen molar-refractivity contribution in [1.82, 2.24) is 0 Å². The maximum absolute atomic E-state index is 10.5. The Morgan fingerprint density at radius 3 is 1.43 bits per heavy atom.